The van der Waals surface area contributed by atoms with Crippen LogP contribution in [0.15, 0.2) is 24.4 Å². The first-order chi connectivity index (χ1) is 9.66. The minimum atomic E-state index is 0.639. The molecule has 2 N–H and O–H groups in total. The van der Waals surface area contributed by atoms with Crippen LogP contribution in [-0.4, -0.2) is 36.1 Å². The number of ether oxygens (including phenoxy) is 1. The van der Waals surface area contributed by atoms with Gasteiger partial charge in [0.15, 0.2) is 0 Å². The first-order valence-electron chi connectivity index (χ1n) is 6.57. The number of aryl methyl sites for hydroxylation is 1. The predicted molar refractivity (Wildman–Crippen MR) is 81.1 cm³/mol. The Morgan fingerprint density at radius 3 is 2.65 bits per heavy atom. The first-order valence-corrected chi connectivity index (χ1v) is 6.94. The van der Waals surface area contributed by atoms with Gasteiger partial charge >= 0.3 is 0 Å². The van der Waals surface area contributed by atoms with Crippen LogP contribution in [0.25, 0.3) is 11.1 Å². The fourth-order valence-corrected chi connectivity index (χ4v) is 2.70. The molecule has 2 aromatic rings. The SMILES string of the molecule is Cn1ncc(-c2ccc(N3CCOCC3)c(Cl)c2)c1N. The van der Waals surface area contributed by atoms with E-state index in [9.17, 15) is 0 Å². The van der Waals surface area contributed by atoms with Gasteiger partial charge in [0.2, 0.25) is 0 Å². The predicted octanol–water partition coefficient (Wildman–Crippen LogP) is 2.16. The topological polar surface area (TPSA) is 56.3 Å². The number of hydrogen-bond donors (Lipinski definition) is 1. The molecule has 0 bridgehead atoms. The van der Waals surface area contributed by atoms with Crippen LogP contribution in [0, 0.1) is 0 Å². The lowest BCUT2D eigenvalue weighted by atomic mass is 10.1. The van der Waals surface area contributed by atoms with Crippen LogP contribution in [0.3, 0.4) is 0 Å². The minimum Gasteiger partial charge on any atom is -0.383 e. The van der Waals surface area contributed by atoms with Gasteiger partial charge in [-0.05, 0) is 17.7 Å². The molecule has 1 aliphatic heterocycles. The van der Waals surface area contributed by atoms with Crippen molar-refractivity contribution in [1.29, 1.82) is 0 Å². The Morgan fingerprint density at radius 1 is 1.30 bits per heavy atom. The highest BCUT2D eigenvalue weighted by Gasteiger charge is 2.15. The third kappa shape index (κ3) is 2.34. The van der Waals surface area contributed by atoms with E-state index in [2.05, 4.69) is 10.00 Å². The van der Waals surface area contributed by atoms with Crippen LogP contribution >= 0.6 is 11.6 Å². The highest BCUT2D eigenvalue weighted by molar-refractivity contribution is 6.33. The smallest absolute Gasteiger partial charge is 0.129 e. The van der Waals surface area contributed by atoms with Crippen molar-refractivity contribution in [2.24, 2.45) is 7.05 Å². The molecule has 0 amide bonds. The van der Waals surface area contributed by atoms with Crippen molar-refractivity contribution in [2.75, 3.05) is 36.9 Å². The van der Waals surface area contributed by atoms with E-state index in [1.54, 1.807) is 10.9 Å². The third-order valence-electron chi connectivity index (χ3n) is 3.60. The lowest BCUT2D eigenvalue weighted by Crippen LogP contribution is -2.36. The molecule has 1 aliphatic rings. The monoisotopic (exact) mass is 292 g/mol. The maximum atomic E-state index is 6.42. The largest absolute Gasteiger partial charge is 0.383 e. The van der Waals surface area contributed by atoms with Gasteiger partial charge in [-0.1, -0.05) is 17.7 Å². The molecule has 20 heavy (non-hydrogen) atoms. The summed E-state index contributed by atoms with van der Waals surface area (Å²) in [6.07, 6.45) is 1.76. The maximum Gasteiger partial charge on any atom is 0.129 e. The Hall–Kier alpha value is -1.72. The summed E-state index contributed by atoms with van der Waals surface area (Å²) in [7, 11) is 1.82. The number of benzene rings is 1. The van der Waals surface area contributed by atoms with E-state index in [1.165, 1.54) is 0 Å². The molecule has 1 fully saturated rings. The summed E-state index contributed by atoms with van der Waals surface area (Å²) in [6, 6.07) is 6.01. The number of halogens is 1. The zero-order valence-corrected chi connectivity index (χ0v) is 12.1. The Labute approximate surface area is 122 Å². The Morgan fingerprint density at radius 2 is 2.05 bits per heavy atom. The summed E-state index contributed by atoms with van der Waals surface area (Å²) in [4.78, 5) is 2.24. The van der Waals surface area contributed by atoms with Crippen LogP contribution < -0.4 is 10.6 Å². The standard InChI is InChI=1S/C14H17ClN4O/c1-18-14(16)11(9-17-18)10-2-3-13(12(15)8-10)19-4-6-20-7-5-19/h2-3,8-9H,4-7,16H2,1H3. The molecule has 1 aromatic heterocycles. The van der Waals surface area contributed by atoms with Gasteiger partial charge in [-0.2, -0.15) is 5.10 Å². The molecule has 2 heterocycles. The Balaban J connectivity index is 1.92. The number of nitrogen functional groups attached to an aromatic ring is 1. The molecule has 0 unspecified atom stereocenters. The van der Waals surface area contributed by atoms with Crippen molar-refractivity contribution in [3.63, 3.8) is 0 Å². The molecule has 3 rings (SSSR count). The molecule has 0 saturated carbocycles. The first kappa shape index (κ1) is 13.3. The third-order valence-corrected chi connectivity index (χ3v) is 3.90. The summed E-state index contributed by atoms with van der Waals surface area (Å²) >= 11 is 6.42. The molecule has 5 nitrogen and oxygen atoms in total. The van der Waals surface area contributed by atoms with Crippen molar-refractivity contribution in [1.82, 2.24) is 9.78 Å². The van der Waals surface area contributed by atoms with Gasteiger partial charge in [-0.15, -0.1) is 0 Å². The number of aromatic nitrogens is 2. The molecule has 0 radical (unpaired) electrons. The van der Waals surface area contributed by atoms with Gasteiger partial charge in [0.25, 0.3) is 0 Å². The second-order valence-corrected chi connectivity index (χ2v) is 5.24. The van der Waals surface area contributed by atoms with Gasteiger partial charge in [0.05, 0.1) is 30.1 Å². The Kier molecular flexibility index (Phi) is 3.54. The fourth-order valence-electron chi connectivity index (χ4n) is 2.40. The second-order valence-electron chi connectivity index (χ2n) is 4.83. The molecule has 0 aliphatic carbocycles. The van der Waals surface area contributed by atoms with Crippen LogP contribution in [0.4, 0.5) is 11.5 Å². The molecule has 0 spiro atoms. The molecule has 1 aromatic carbocycles. The second kappa shape index (κ2) is 5.34. The van der Waals surface area contributed by atoms with Crippen LogP contribution in [0.5, 0.6) is 0 Å². The number of nitrogens with zero attached hydrogens (tertiary/aromatic N) is 3. The molecule has 1 saturated heterocycles. The highest BCUT2D eigenvalue weighted by atomic mass is 35.5. The van der Waals surface area contributed by atoms with Crippen LogP contribution in [0.1, 0.15) is 0 Å². The van der Waals surface area contributed by atoms with Crippen molar-refractivity contribution in [3.05, 3.63) is 29.4 Å². The summed E-state index contributed by atoms with van der Waals surface area (Å²) in [6.45, 7) is 3.23. The highest BCUT2D eigenvalue weighted by Crippen LogP contribution is 2.33. The van der Waals surface area contributed by atoms with Crippen molar-refractivity contribution in [2.45, 2.75) is 0 Å². The quantitative estimate of drug-likeness (QED) is 0.921. The maximum absolute atomic E-state index is 6.42. The van der Waals surface area contributed by atoms with Crippen molar-refractivity contribution >= 4 is 23.1 Å². The summed E-state index contributed by atoms with van der Waals surface area (Å²) in [5.41, 5.74) is 8.93. The Bertz CT molecular complexity index is 620. The van der Waals surface area contributed by atoms with E-state index in [4.69, 9.17) is 22.1 Å². The summed E-state index contributed by atoms with van der Waals surface area (Å²) in [5, 5.41) is 4.89. The van der Waals surface area contributed by atoms with Crippen molar-refractivity contribution < 1.29 is 4.74 Å². The van der Waals surface area contributed by atoms with Gasteiger partial charge in [0.1, 0.15) is 5.82 Å². The van der Waals surface area contributed by atoms with E-state index >= 15 is 0 Å². The lowest BCUT2D eigenvalue weighted by Gasteiger charge is -2.29. The van der Waals surface area contributed by atoms with Gasteiger partial charge in [-0.3, -0.25) is 4.68 Å². The summed E-state index contributed by atoms with van der Waals surface area (Å²) in [5.74, 6) is 0.639. The number of nitrogens with two attached hydrogens (primary N) is 1. The lowest BCUT2D eigenvalue weighted by molar-refractivity contribution is 0.122. The zero-order chi connectivity index (χ0) is 14.1. The fraction of sp³-hybridized carbons (Fsp3) is 0.357. The molecule has 106 valence electrons. The summed E-state index contributed by atoms with van der Waals surface area (Å²) < 4.78 is 7.01. The average Bonchev–Trinajstić information content (AvgIpc) is 2.80. The zero-order valence-electron chi connectivity index (χ0n) is 11.3. The van der Waals surface area contributed by atoms with Gasteiger partial charge in [-0.25, -0.2) is 0 Å². The number of rotatable bonds is 2. The molecular formula is C14H17ClN4O. The molecular weight excluding hydrogens is 276 g/mol. The molecule has 0 atom stereocenters. The van der Waals surface area contributed by atoms with E-state index in [-0.39, 0.29) is 0 Å². The van der Waals surface area contributed by atoms with Crippen LogP contribution in [0.2, 0.25) is 5.02 Å². The molecule has 6 heteroatoms. The minimum absolute atomic E-state index is 0.639. The number of anilines is 2. The van der Waals surface area contributed by atoms with E-state index in [1.807, 2.05) is 25.2 Å². The van der Waals surface area contributed by atoms with E-state index in [0.717, 1.165) is 48.1 Å². The van der Waals surface area contributed by atoms with Crippen LogP contribution in [-0.2, 0) is 11.8 Å². The van der Waals surface area contributed by atoms with E-state index < -0.39 is 0 Å². The number of hydrogen-bond acceptors (Lipinski definition) is 4. The average molecular weight is 293 g/mol. The van der Waals surface area contributed by atoms with E-state index in [0.29, 0.717) is 5.82 Å². The van der Waals surface area contributed by atoms with Gasteiger partial charge in [0, 0.05) is 25.7 Å². The normalized spacial score (nSPS) is 15.6. The van der Waals surface area contributed by atoms with Gasteiger partial charge < -0.3 is 15.4 Å². The number of morpholine rings is 1. The van der Waals surface area contributed by atoms with Crippen molar-refractivity contribution in [3.8, 4) is 11.1 Å².